The molecule has 0 fully saturated rings. The summed E-state index contributed by atoms with van der Waals surface area (Å²) in [5.74, 6) is -0.950. The summed E-state index contributed by atoms with van der Waals surface area (Å²) in [6.07, 6.45) is 0. The van der Waals surface area contributed by atoms with Crippen LogP contribution in [0.4, 0.5) is 5.69 Å². The normalized spacial score (nSPS) is 12.1. The Morgan fingerprint density at radius 3 is 2.76 bits per heavy atom. The zero-order valence-corrected chi connectivity index (χ0v) is 10.3. The number of rotatable bonds is 6. The van der Waals surface area contributed by atoms with Crippen molar-refractivity contribution in [2.24, 2.45) is 0 Å². The number of thiol groups is 1. The number of aliphatic carboxylic acids is 1. The maximum Gasteiger partial charge on any atom is 0.322 e. The van der Waals surface area contributed by atoms with Crippen molar-refractivity contribution in [1.29, 1.82) is 0 Å². The van der Waals surface area contributed by atoms with Crippen LogP contribution in [0, 0.1) is 10.1 Å². The molecule has 0 bridgehead atoms. The summed E-state index contributed by atoms with van der Waals surface area (Å²) in [6.45, 7) is 0. The molecule has 8 heteroatoms. The molecule has 0 radical (unpaired) electrons. The highest BCUT2D eigenvalue weighted by atomic mass is 32.2. The van der Waals surface area contributed by atoms with Gasteiger partial charge in [0.2, 0.25) is 0 Å². The number of nitro groups is 1. The minimum atomic E-state index is -1.05. The minimum absolute atomic E-state index is 0.0618. The molecule has 0 heterocycles. The molecule has 6 nitrogen and oxygen atoms in total. The lowest BCUT2D eigenvalue weighted by molar-refractivity contribution is -0.387. The highest BCUT2D eigenvalue weighted by Gasteiger charge is 2.18. The van der Waals surface area contributed by atoms with Crippen molar-refractivity contribution in [3.63, 3.8) is 0 Å². The second-order valence-corrected chi connectivity index (χ2v) is 4.26. The Labute approximate surface area is 107 Å². The van der Waals surface area contributed by atoms with Crippen LogP contribution in [-0.2, 0) is 4.79 Å². The van der Waals surface area contributed by atoms with Crippen molar-refractivity contribution < 1.29 is 14.8 Å². The molecule has 2 N–H and O–H groups in total. The van der Waals surface area contributed by atoms with Gasteiger partial charge in [-0.2, -0.15) is 12.6 Å². The van der Waals surface area contributed by atoms with Crippen LogP contribution in [0.25, 0.3) is 0 Å². The average Bonchev–Trinajstić information content (AvgIpc) is 2.29. The number of para-hydroxylation sites is 1. The molecule has 0 aliphatic carbocycles. The summed E-state index contributed by atoms with van der Waals surface area (Å²) in [7, 11) is 0. The van der Waals surface area contributed by atoms with E-state index in [0.29, 0.717) is 4.90 Å². The summed E-state index contributed by atoms with van der Waals surface area (Å²) in [4.78, 5) is 21.3. The smallest absolute Gasteiger partial charge is 0.322 e. The van der Waals surface area contributed by atoms with Crippen LogP contribution >= 0.6 is 24.6 Å². The molecule has 0 saturated heterocycles. The number of carbonyl (C=O) groups is 1. The summed E-state index contributed by atoms with van der Waals surface area (Å²) in [5.41, 5.74) is -0.0618. The monoisotopic (exact) mass is 274 g/mol. The average molecular weight is 274 g/mol. The molecular formula is C9H10N2O4S2. The zero-order valence-electron chi connectivity index (χ0n) is 8.57. The molecule has 0 aliphatic rings. The van der Waals surface area contributed by atoms with E-state index < -0.39 is 16.9 Å². The van der Waals surface area contributed by atoms with E-state index in [0.717, 1.165) is 11.9 Å². The molecule has 0 spiro atoms. The Morgan fingerprint density at radius 1 is 1.59 bits per heavy atom. The van der Waals surface area contributed by atoms with Gasteiger partial charge in [0.15, 0.2) is 0 Å². The fourth-order valence-electron chi connectivity index (χ4n) is 0.995. The van der Waals surface area contributed by atoms with Gasteiger partial charge in [-0.3, -0.25) is 14.9 Å². The van der Waals surface area contributed by atoms with E-state index in [4.69, 9.17) is 5.11 Å². The Morgan fingerprint density at radius 2 is 2.24 bits per heavy atom. The summed E-state index contributed by atoms with van der Waals surface area (Å²) >= 11 is 4.79. The zero-order chi connectivity index (χ0) is 12.8. The lowest BCUT2D eigenvalue weighted by atomic mass is 10.3. The van der Waals surface area contributed by atoms with Crippen LogP contribution in [0.3, 0.4) is 0 Å². The summed E-state index contributed by atoms with van der Waals surface area (Å²) in [6, 6.07) is 5.25. The molecule has 92 valence electrons. The number of carboxylic acids is 1. The molecule has 1 aromatic rings. The van der Waals surface area contributed by atoms with Crippen LogP contribution in [0.2, 0.25) is 0 Å². The predicted octanol–water partition coefficient (Wildman–Crippen LogP) is 1.57. The SMILES string of the molecule is O=C(O)[C@H](CS)NSc1ccccc1[N+](=O)[O-]. The fraction of sp³-hybridized carbons (Fsp3) is 0.222. The van der Waals surface area contributed by atoms with Crippen molar-refractivity contribution in [3.8, 4) is 0 Å². The van der Waals surface area contributed by atoms with E-state index >= 15 is 0 Å². The third-order valence-corrected chi connectivity index (χ3v) is 3.19. The van der Waals surface area contributed by atoms with E-state index in [-0.39, 0.29) is 11.4 Å². The summed E-state index contributed by atoms with van der Waals surface area (Å²) in [5, 5.41) is 19.5. The Kier molecular flexibility index (Phi) is 5.26. The molecule has 1 atom stereocenters. The topological polar surface area (TPSA) is 92.5 Å². The quantitative estimate of drug-likeness (QED) is 0.315. The number of nitrogens with one attached hydrogen (secondary N) is 1. The number of hydrogen-bond donors (Lipinski definition) is 3. The predicted molar refractivity (Wildman–Crippen MR) is 67.4 cm³/mol. The van der Waals surface area contributed by atoms with Crippen LogP contribution in [0.15, 0.2) is 29.2 Å². The maximum atomic E-state index is 10.7. The van der Waals surface area contributed by atoms with E-state index in [2.05, 4.69) is 17.4 Å². The third-order valence-electron chi connectivity index (χ3n) is 1.85. The van der Waals surface area contributed by atoms with Gasteiger partial charge in [-0.05, 0) is 18.0 Å². The molecule has 1 rings (SSSR count). The summed E-state index contributed by atoms with van der Waals surface area (Å²) < 4.78 is 2.62. The van der Waals surface area contributed by atoms with Gasteiger partial charge in [0.1, 0.15) is 10.9 Å². The second kappa shape index (κ2) is 6.48. The first-order valence-electron chi connectivity index (χ1n) is 4.55. The Hall–Kier alpha value is -1.25. The van der Waals surface area contributed by atoms with Gasteiger partial charge in [0.25, 0.3) is 5.69 Å². The van der Waals surface area contributed by atoms with Crippen LogP contribution in [-0.4, -0.2) is 27.8 Å². The lowest BCUT2D eigenvalue weighted by Crippen LogP contribution is -2.33. The van der Waals surface area contributed by atoms with Gasteiger partial charge < -0.3 is 5.11 Å². The molecular weight excluding hydrogens is 264 g/mol. The van der Waals surface area contributed by atoms with Crippen LogP contribution < -0.4 is 4.72 Å². The lowest BCUT2D eigenvalue weighted by Gasteiger charge is -2.10. The van der Waals surface area contributed by atoms with Crippen LogP contribution in [0.5, 0.6) is 0 Å². The van der Waals surface area contributed by atoms with E-state index in [1.807, 2.05) is 0 Å². The highest BCUT2D eigenvalue weighted by Crippen LogP contribution is 2.26. The molecule has 0 aliphatic heterocycles. The Balaban J connectivity index is 2.75. The maximum absolute atomic E-state index is 10.7. The molecule has 0 unspecified atom stereocenters. The number of carboxylic acid groups (broad SMARTS) is 1. The van der Waals surface area contributed by atoms with Crippen molar-refractivity contribution >= 4 is 36.2 Å². The van der Waals surface area contributed by atoms with Crippen molar-refractivity contribution in [2.45, 2.75) is 10.9 Å². The van der Waals surface area contributed by atoms with Gasteiger partial charge >= 0.3 is 5.97 Å². The van der Waals surface area contributed by atoms with Gasteiger partial charge in [0.05, 0.1) is 4.92 Å². The number of nitrogens with zero attached hydrogens (tertiary/aromatic N) is 1. The Bertz CT molecular complexity index is 427. The minimum Gasteiger partial charge on any atom is -0.480 e. The molecule has 0 amide bonds. The number of nitro benzene ring substituents is 1. The first-order valence-corrected chi connectivity index (χ1v) is 6.00. The van der Waals surface area contributed by atoms with E-state index in [9.17, 15) is 14.9 Å². The van der Waals surface area contributed by atoms with Gasteiger partial charge in [0, 0.05) is 11.8 Å². The second-order valence-electron chi connectivity index (χ2n) is 3.02. The number of benzene rings is 1. The molecule has 0 saturated carbocycles. The number of hydrogen-bond acceptors (Lipinski definition) is 6. The van der Waals surface area contributed by atoms with Crippen LogP contribution in [0.1, 0.15) is 0 Å². The van der Waals surface area contributed by atoms with Crippen molar-refractivity contribution in [3.05, 3.63) is 34.4 Å². The fourth-order valence-corrected chi connectivity index (χ4v) is 2.21. The first-order chi connectivity index (χ1) is 8.06. The molecule has 1 aromatic carbocycles. The van der Waals surface area contributed by atoms with Crippen molar-refractivity contribution in [2.75, 3.05) is 5.75 Å². The van der Waals surface area contributed by atoms with E-state index in [1.54, 1.807) is 18.2 Å². The van der Waals surface area contributed by atoms with Crippen molar-refractivity contribution in [1.82, 2.24) is 4.72 Å². The first kappa shape index (κ1) is 13.8. The van der Waals surface area contributed by atoms with Gasteiger partial charge in [-0.15, -0.1) is 0 Å². The molecule has 17 heavy (non-hydrogen) atoms. The van der Waals surface area contributed by atoms with Gasteiger partial charge in [-0.1, -0.05) is 12.1 Å². The standard InChI is InChI=1S/C9H10N2O4S2/c12-9(13)6(5-16)10-17-8-4-2-1-3-7(8)11(14)15/h1-4,6,10,16H,5H2,(H,12,13)/t6-/m0/s1. The molecule has 0 aromatic heterocycles. The highest BCUT2D eigenvalue weighted by molar-refractivity contribution is 7.97. The van der Waals surface area contributed by atoms with Gasteiger partial charge in [-0.25, -0.2) is 4.72 Å². The largest absolute Gasteiger partial charge is 0.480 e. The third kappa shape index (κ3) is 3.91. The van der Waals surface area contributed by atoms with E-state index in [1.165, 1.54) is 6.07 Å².